The molecule has 0 aliphatic carbocycles. The molecule has 0 aliphatic heterocycles. The lowest BCUT2D eigenvalue weighted by Gasteiger charge is -2.30. The molecule has 0 radical (unpaired) electrons. The maximum atomic E-state index is 12.0. The first-order valence-corrected chi connectivity index (χ1v) is 9.51. The van der Waals surface area contributed by atoms with Gasteiger partial charge in [-0.1, -0.05) is 31.9 Å². The van der Waals surface area contributed by atoms with Gasteiger partial charge in [-0.15, -0.1) is 0 Å². The van der Waals surface area contributed by atoms with E-state index in [9.17, 15) is 9.90 Å². The maximum absolute atomic E-state index is 12.0. The lowest BCUT2D eigenvalue weighted by Crippen LogP contribution is -2.50. The Kier molecular flexibility index (Phi) is 8.93. The van der Waals surface area contributed by atoms with Crippen LogP contribution < -0.4 is 10.1 Å². The minimum Gasteiger partial charge on any atom is -0.494 e. The predicted octanol–water partition coefficient (Wildman–Crippen LogP) is 4.46. The highest BCUT2D eigenvalue weighted by molar-refractivity contribution is 5.68. The summed E-state index contributed by atoms with van der Waals surface area (Å²) in [5.41, 5.74) is -0.151. The van der Waals surface area contributed by atoms with Crippen molar-refractivity contribution in [3.63, 3.8) is 0 Å². The largest absolute Gasteiger partial charge is 0.494 e. The van der Waals surface area contributed by atoms with Crippen molar-refractivity contribution in [3.8, 4) is 5.75 Å². The topological polar surface area (TPSA) is 67.8 Å². The Bertz CT molecular complexity index is 536. The van der Waals surface area contributed by atoms with Crippen LogP contribution in [0.2, 0.25) is 0 Å². The number of amides is 1. The van der Waals surface area contributed by atoms with Gasteiger partial charge in [0.05, 0.1) is 18.8 Å². The van der Waals surface area contributed by atoms with Gasteiger partial charge in [0.15, 0.2) is 0 Å². The number of alkyl carbamates (subject to hydrolysis) is 1. The van der Waals surface area contributed by atoms with Crippen molar-refractivity contribution in [1.29, 1.82) is 0 Å². The van der Waals surface area contributed by atoms with Crippen molar-refractivity contribution in [2.24, 2.45) is 0 Å². The summed E-state index contributed by atoms with van der Waals surface area (Å²) >= 11 is 0. The summed E-state index contributed by atoms with van der Waals surface area (Å²) in [7, 11) is 0. The summed E-state index contributed by atoms with van der Waals surface area (Å²) in [6.45, 7) is 10.0. The Morgan fingerprint density at radius 1 is 1.12 bits per heavy atom. The molecule has 2 N–H and O–H groups in total. The Labute approximate surface area is 158 Å². The molecule has 0 aromatic heterocycles. The van der Waals surface area contributed by atoms with E-state index in [2.05, 4.69) is 12.2 Å². The smallest absolute Gasteiger partial charge is 0.408 e. The minimum absolute atomic E-state index is 0.148. The van der Waals surface area contributed by atoms with Gasteiger partial charge in [0.25, 0.3) is 0 Å². The third kappa shape index (κ3) is 9.09. The first-order chi connectivity index (χ1) is 12.2. The highest BCUT2D eigenvalue weighted by Crippen LogP contribution is 2.18. The number of hydrogen-bond donors (Lipinski definition) is 2. The van der Waals surface area contributed by atoms with Gasteiger partial charge < -0.3 is 19.9 Å². The van der Waals surface area contributed by atoms with Gasteiger partial charge in [0, 0.05) is 0 Å². The van der Waals surface area contributed by atoms with E-state index in [0.717, 1.165) is 30.8 Å². The number of carbonyl (C=O) groups is 1. The van der Waals surface area contributed by atoms with Gasteiger partial charge in [-0.25, -0.2) is 4.79 Å². The van der Waals surface area contributed by atoms with E-state index in [1.807, 2.05) is 52.0 Å². The second-order valence-corrected chi connectivity index (χ2v) is 8.05. The molecule has 0 aliphatic rings. The lowest BCUT2D eigenvalue weighted by molar-refractivity contribution is 0.0407. The molecule has 0 saturated heterocycles. The highest BCUT2D eigenvalue weighted by atomic mass is 16.6. The van der Waals surface area contributed by atoms with Gasteiger partial charge in [0.2, 0.25) is 0 Å². The van der Waals surface area contributed by atoms with Gasteiger partial charge in [0.1, 0.15) is 11.4 Å². The molecule has 1 atom stereocenters. The zero-order valence-corrected chi connectivity index (χ0v) is 16.9. The fraction of sp³-hybridized carbons (Fsp3) is 0.667. The molecule has 0 heterocycles. The molecule has 1 unspecified atom stereocenters. The fourth-order valence-corrected chi connectivity index (χ4v) is 2.45. The van der Waals surface area contributed by atoms with Crippen LogP contribution in [0, 0.1) is 0 Å². The number of nitrogens with one attached hydrogen (secondary N) is 1. The molecule has 148 valence electrons. The molecule has 26 heavy (non-hydrogen) atoms. The maximum Gasteiger partial charge on any atom is 0.408 e. The molecule has 5 heteroatoms. The van der Waals surface area contributed by atoms with Crippen molar-refractivity contribution < 1.29 is 19.4 Å². The third-order valence-corrected chi connectivity index (χ3v) is 4.06. The number of hydrogen-bond acceptors (Lipinski definition) is 4. The molecule has 0 bridgehead atoms. The number of ether oxygens (including phenoxy) is 2. The Morgan fingerprint density at radius 2 is 1.77 bits per heavy atom. The van der Waals surface area contributed by atoms with Crippen LogP contribution in [-0.4, -0.2) is 35.6 Å². The van der Waals surface area contributed by atoms with Crippen molar-refractivity contribution >= 4 is 6.09 Å². The lowest BCUT2D eigenvalue weighted by atomic mass is 9.94. The van der Waals surface area contributed by atoms with E-state index in [-0.39, 0.29) is 6.61 Å². The van der Waals surface area contributed by atoms with Crippen molar-refractivity contribution in [2.45, 2.75) is 77.9 Å². The van der Waals surface area contributed by atoms with Crippen LogP contribution in [0.4, 0.5) is 4.79 Å². The van der Waals surface area contributed by atoms with E-state index >= 15 is 0 Å². The number of aryl methyl sites for hydroxylation is 1. The van der Waals surface area contributed by atoms with E-state index in [0.29, 0.717) is 6.42 Å². The zero-order valence-electron chi connectivity index (χ0n) is 16.9. The van der Waals surface area contributed by atoms with Gasteiger partial charge >= 0.3 is 6.09 Å². The normalized spacial score (nSPS) is 13.8. The summed E-state index contributed by atoms with van der Waals surface area (Å²) in [6, 6.07) is 8.00. The highest BCUT2D eigenvalue weighted by Gasteiger charge is 2.28. The Balaban J connectivity index is 2.50. The summed E-state index contributed by atoms with van der Waals surface area (Å²) in [6.07, 6.45) is 4.28. The zero-order chi connectivity index (χ0) is 19.6. The molecule has 5 nitrogen and oxygen atoms in total. The Hall–Kier alpha value is -1.75. The molecule has 1 rings (SSSR count). The molecule has 1 aromatic carbocycles. The van der Waals surface area contributed by atoms with Crippen LogP contribution in [-0.2, 0) is 11.2 Å². The van der Waals surface area contributed by atoms with Crippen LogP contribution in [0.15, 0.2) is 24.3 Å². The number of carbonyl (C=O) groups excluding carboxylic acids is 1. The molecule has 0 fully saturated rings. The quantitative estimate of drug-likeness (QED) is 0.601. The van der Waals surface area contributed by atoms with Crippen molar-refractivity contribution in [3.05, 3.63) is 29.8 Å². The van der Waals surface area contributed by atoms with E-state index < -0.39 is 17.2 Å². The number of aliphatic hydroxyl groups is 1. The molecular formula is C21H35NO4. The van der Waals surface area contributed by atoms with E-state index in [1.165, 1.54) is 12.8 Å². The van der Waals surface area contributed by atoms with Gasteiger partial charge in [-0.05, 0) is 64.7 Å². The first kappa shape index (κ1) is 22.3. The van der Waals surface area contributed by atoms with Gasteiger partial charge in [-0.2, -0.15) is 0 Å². The van der Waals surface area contributed by atoms with E-state index in [1.54, 1.807) is 0 Å². The van der Waals surface area contributed by atoms with E-state index in [4.69, 9.17) is 9.47 Å². The van der Waals surface area contributed by atoms with Gasteiger partial charge in [-0.3, -0.25) is 0 Å². The second kappa shape index (κ2) is 10.4. The van der Waals surface area contributed by atoms with Crippen LogP contribution in [0.5, 0.6) is 5.75 Å². The average molecular weight is 366 g/mol. The van der Waals surface area contributed by atoms with Crippen LogP contribution in [0.25, 0.3) is 0 Å². The predicted molar refractivity (Wildman–Crippen MR) is 105 cm³/mol. The van der Waals surface area contributed by atoms with Crippen molar-refractivity contribution in [1.82, 2.24) is 5.32 Å². The second-order valence-electron chi connectivity index (χ2n) is 8.05. The fourth-order valence-electron chi connectivity index (χ4n) is 2.45. The van der Waals surface area contributed by atoms with Crippen LogP contribution >= 0.6 is 0 Å². The summed E-state index contributed by atoms with van der Waals surface area (Å²) in [5, 5.41) is 12.5. The summed E-state index contributed by atoms with van der Waals surface area (Å²) in [5.74, 6) is 0.877. The molecule has 0 saturated carbocycles. The van der Waals surface area contributed by atoms with Crippen LogP contribution in [0.1, 0.15) is 65.9 Å². The number of aliphatic hydroxyl groups excluding tert-OH is 1. The number of rotatable bonds is 10. The minimum atomic E-state index is -0.725. The number of unbranched alkanes of at least 4 members (excludes halogenated alkanes) is 2. The SMILES string of the molecule is CCCCCOc1ccc(CCC(C)(CO)NC(=O)OC(C)(C)C)cc1. The van der Waals surface area contributed by atoms with Crippen LogP contribution in [0.3, 0.4) is 0 Å². The molecular weight excluding hydrogens is 330 g/mol. The summed E-state index contributed by atoms with van der Waals surface area (Å²) < 4.78 is 11.0. The number of benzene rings is 1. The average Bonchev–Trinajstić information content (AvgIpc) is 2.56. The Morgan fingerprint density at radius 3 is 2.31 bits per heavy atom. The monoisotopic (exact) mass is 365 g/mol. The van der Waals surface area contributed by atoms with Crippen molar-refractivity contribution in [2.75, 3.05) is 13.2 Å². The molecule has 1 amide bonds. The third-order valence-electron chi connectivity index (χ3n) is 4.06. The standard InChI is InChI=1S/C21H35NO4/c1-6-7-8-15-25-18-11-9-17(10-12-18)13-14-21(5,16-23)22-19(24)26-20(2,3)4/h9-12,23H,6-8,13-16H2,1-5H3,(H,22,24). The molecule has 0 spiro atoms. The molecule has 1 aromatic rings. The first-order valence-electron chi connectivity index (χ1n) is 9.51. The summed E-state index contributed by atoms with van der Waals surface area (Å²) in [4.78, 5) is 12.0.